The Morgan fingerprint density at radius 1 is 0.868 bits per heavy atom. The molecule has 0 unspecified atom stereocenters. The van der Waals surface area contributed by atoms with E-state index >= 15 is 0 Å². The Hall–Kier alpha value is -5.12. The zero-order valence-corrected chi connectivity index (χ0v) is 31.9. The minimum absolute atomic E-state index is 0.0278. The number of hydrogen-bond acceptors (Lipinski definition) is 11. The number of nitrogens with one attached hydrogen (secondary N) is 2. The number of benzene rings is 4. The van der Waals surface area contributed by atoms with Crippen molar-refractivity contribution in [3.8, 4) is 0 Å². The fourth-order valence-electron chi connectivity index (χ4n) is 5.83. The Morgan fingerprint density at radius 2 is 1.57 bits per heavy atom. The van der Waals surface area contributed by atoms with Gasteiger partial charge in [0.25, 0.3) is 27.5 Å². The third-order valence-electron chi connectivity index (χ3n) is 8.85. The summed E-state index contributed by atoms with van der Waals surface area (Å²) in [4.78, 5) is 46.3. The van der Waals surface area contributed by atoms with Crippen LogP contribution in [0.4, 0.5) is 22.7 Å². The molecule has 4 aromatic rings. The number of hydrogen-bond donors (Lipinski definition) is 2. The second-order valence-electron chi connectivity index (χ2n) is 13.2. The molecule has 15 heteroatoms. The molecule has 0 radical (unpaired) electrons. The highest BCUT2D eigenvalue weighted by Crippen LogP contribution is 2.30. The van der Waals surface area contributed by atoms with Gasteiger partial charge in [-0.25, -0.2) is 13.1 Å². The summed E-state index contributed by atoms with van der Waals surface area (Å²) in [5.41, 5.74) is 2.31. The molecule has 0 saturated carbocycles. The first-order chi connectivity index (χ1) is 25.3. The molecule has 1 aliphatic heterocycles. The number of rotatable bonds is 15. The molecule has 1 fully saturated rings. The van der Waals surface area contributed by atoms with E-state index < -0.39 is 31.4 Å². The van der Waals surface area contributed by atoms with Crippen LogP contribution in [0.25, 0.3) is 0 Å². The summed E-state index contributed by atoms with van der Waals surface area (Å²) in [6, 6.07) is 27.3. The summed E-state index contributed by atoms with van der Waals surface area (Å²) in [5.74, 6) is -0.259. The van der Waals surface area contributed by atoms with Crippen LogP contribution in [-0.2, 0) is 10.0 Å². The van der Waals surface area contributed by atoms with Gasteiger partial charge in [-0.05, 0) is 93.8 Å². The van der Waals surface area contributed by atoms with Gasteiger partial charge in [-0.15, -0.1) is 11.8 Å². The minimum Gasteiger partial charge on any atom is -0.378 e. The fraction of sp³-hybridized carbons (Fsp3) is 0.316. The molecule has 53 heavy (non-hydrogen) atoms. The van der Waals surface area contributed by atoms with Gasteiger partial charge in [0.2, 0.25) is 0 Å². The van der Waals surface area contributed by atoms with E-state index in [2.05, 4.69) is 14.9 Å². The number of nitro benzene ring substituents is 1. The van der Waals surface area contributed by atoms with Crippen molar-refractivity contribution >= 4 is 56.3 Å². The smallest absolute Gasteiger partial charge is 0.293 e. The number of nitrogens with zero attached hydrogens (tertiary/aromatic N) is 5. The first-order valence-corrected chi connectivity index (χ1v) is 19.6. The van der Waals surface area contributed by atoms with Crippen LogP contribution in [0.2, 0.25) is 0 Å². The van der Waals surface area contributed by atoms with E-state index in [0.717, 1.165) is 28.9 Å². The first-order valence-electron chi connectivity index (χ1n) is 17.2. The molecular formula is C38H45N7O6S2. The zero-order chi connectivity index (χ0) is 38.1. The van der Waals surface area contributed by atoms with Gasteiger partial charge in [-0.1, -0.05) is 24.3 Å². The SMILES string of the molecule is CN(C)CC[C@H](CSc1ccccc1)Nc1ccc(S(=O)(=O)NC(=O)c2ccc(N3CCN(C(=O)c4cccc(N(C)C)c4)CC3)cc2)cc1[N+](=O)[O-]. The second kappa shape index (κ2) is 17.6. The van der Waals surface area contributed by atoms with Crippen LogP contribution in [-0.4, -0.2) is 108 Å². The quantitative estimate of drug-likeness (QED) is 0.0929. The Kier molecular flexibility index (Phi) is 13.0. The number of thioether (sulfide) groups is 1. The van der Waals surface area contributed by atoms with Crippen LogP contribution in [0.1, 0.15) is 27.1 Å². The van der Waals surface area contributed by atoms with Crippen molar-refractivity contribution in [2.75, 3.05) is 81.8 Å². The normalized spacial score (nSPS) is 13.8. The lowest BCUT2D eigenvalue weighted by Gasteiger charge is -2.36. The lowest BCUT2D eigenvalue weighted by atomic mass is 10.1. The first kappa shape index (κ1) is 39.1. The van der Waals surface area contributed by atoms with Crippen molar-refractivity contribution in [2.45, 2.75) is 22.3 Å². The monoisotopic (exact) mass is 759 g/mol. The molecule has 13 nitrogen and oxygen atoms in total. The molecule has 0 bridgehead atoms. The molecule has 280 valence electrons. The third kappa shape index (κ3) is 10.5. The highest BCUT2D eigenvalue weighted by Gasteiger charge is 2.26. The molecule has 0 aromatic heterocycles. The van der Waals surface area contributed by atoms with Crippen LogP contribution in [0, 0.1) is 10.1 Å². The molecule has 1 heterocycles. The van der Waals surface area contributed by atoms with Gasteiger partial charge in [0.15, 0.2) is 0 Å². The van der Waals surface area contributed by atoms with E-state index in [-0.39, 0.29) is 23.2 Å². The highest BCUT2D eigenvalue weighted by atomic mass is 32.2. The summed E-state index contributed by atoms with van der Waals surface area (Å²) in [5, 5.41) is 15.4. The number of anilines is 3. The molecule has 4 aromatic carbocycles. The standard InChI is InChI=1S/C38H45N7O6S2/c1-41(2)20-19-30(27-52-33-11-6-5-7-12-33)39-35-18-17-34(26-36(35)45(48)49)53(50,51)40-37(46)28-13-15-31(16-14-28)43-21-23-44(24-22-43)38(47)29-9-8-10-32(25-29)42(3)4/h5-18,25-26,30,39H,19-24,27H2,1-4H3,(H,40,46)/t30-/m1/s1. The molecule has 0 spiro atoms. The van der Waals surface area contributed by atoms with Crippen LogP contribution in [0.15, 0.2) is 107 Å². The summed E-state index contributed by atoms with van der Waals surface area (Å²) in [6.45, 7) is 2.96. The minimum atomic E-state index is -4.45. The van der Waals surface area contributed by atoms with Gasteiger partial charge in [0.1, 0.15) is 5.69 Å². The van der Waals surface area contributed by atoms with E-state index in [0.29, 0.717) is 43.9 Å². The summed E-state index contributed by atoms with van der Waals surface area (Å²) in [6.07, 6.45) is 0.695. The summed E-state index contributed by atoms with van der Waals surface area (Å²) in [7, 11) is 3.31. The van der Waals surface area contributed by atoms with Crippen LogP contribution < -0.4 is 19.8 Å². The molecule has 0 aliphatic carbocycles. The zero-order valence-electron chi connectivity index (χ0n) is 30.3. The number of amides is 2. The van der Waals surface area contributed by atoms with Crippen LogP contribution in [0.3, 0.4) is 0 Å². The summed E-state index contributed by atoms with van der Waals surface area (Å²) >= 11 is 1.62. The number of carbonyl (C=O) groups is 2. The molecule has 1 saturated heterocycles. The predicted octanol–water partition coefficient (Wildman–Crippen LogP) is 5.27. The van der Waals surface area contributed by atoms with E-state index in [1.165, 1.54) is 24.3 Å². The number of sulfonamides is 1. The van der Waals surface area contributed by atoms with Crippen molar-refractivity contribution in [1.82, 2.24) is 14.5 Å². The van der Waals surface area contributed by atoms with Crippen molar-refractivity contribution in [3.63, 3.8) is 0 Å². The van der Waals surface area contributed by atoms with Gasteiger partial charge < -0.3 is 24.9 Å². The Morgan fingerprint density at radius 3 is 2.21 bits per heavy atom. The average molecular weight is 760 g/mol. The number of piperazine rings is 1. The highest BCUT2D eigenvalue weighted by molar-refractivity contribution is 7.99. The molecule has 1 atom stereocenters. The Labute approximate surface area is 315 Å². The maximum atomic E-state index is 13.3. The molecule has 1 aliphatic rings. The molecular weight excluding hydrogens is 715 g/mol. The van der Waals surface area contributed by atoms with Gasteiger partial charge in [0.05, 0.1) is 9.82 Å². The van der Waals surface area contributed by atoms with Gasteiger partial charge in [-0.3, -0.25) is 19.7 Å². The molecule has 2 amide bonds. The van der Waals surface area contributed by atoms with Gasteiger partial charge in [0, 0.05) is 85.5 Å². The van der Waals surface area contributed by atoms with Crippen molar-refractivity contribution in [3.05, 3.63) is 118 Å². The van der Waals surface area contributed by atoms with Crippen LogP contribution in [0.5, 0.6) is 0 Å². The predicted molar refractivity (Wildman–Crippen MR) is 211 cm³/mol. The van der Waals surface area contributed by atoms with Gasteiger partial charge in [-0.2, -0.15) is 0 Å². The maximum Gasteiger partial charge on any atom is 0.293 e. The van der Waals surface area contributed by atoms with E-state index in [4.69, 9.17) is 0 Å². The lowest BCUT2D eigenvalue weighted by molar-refractivity contribution is -0.384. The van der Waals surface area contributed by atoms with E-state index in [9.17, 15) is 28.1 Å². The van der Waals surface area contributed by atoms with Gasteiger partial charge >= 0.3 is 0 Å². The van der Waals surface area contributed by atoms with Crippen molar-refractivity contribution in [1.29, 1.82) is 0 Å². The topological polar surface area (TPSA) is 148 Å². The van der Waals surface area contributed by atoms with Crippen molar-refractivity contribution < 1.29 is 22.9 Å². The maximum absolute atomic E-state index is 13.3. The average Bonchev–Trinajstić information content (AvgIpc) is 3.16. The number of carbonyl (C=O) groups excluding carboxylic acids is 2. The Bertz CT molecular complexity index is 2000. The number of nitro groups is 1. The van der Waals surface area contributed by atoms with Crippen molar-refractivity contribution in [2.24, 2.45) is 0 Å². The Balaban J connectivity index is 1.21. The summed E-state index contributed by atoms with van der Waals surface area (Å²) < 4.78 is 28.6. The molecule has 5 rings (SSSR count). The second-order valence-corrected chi connectivity index (χ2v) is 16.0. The van der Waals surface area contributed by atoms with E-state index in [1.807, 2.05) is 97.5 Å². The van der Waals surface area contributed by atoms with Crippen LogP contribution >= 0.6 is 11.8 Å². The largest absolute Gasteiger partial charge is 0.378 e. The lowest BCUT2D eigenvalue weighted by Crippen LogP contribution is -2.48. The van der Waals surface area contributed by atoms with E-state index in [1.54, 1.807) is 23.9 Å². The third-order valence-corrected chi connectivity index (χ3v) is 11.4. The molecule has 2 N–H and O–H groups in total. The fourth-order valence-corrected chi connectivity index (χ4v) is 7.81.